The molecule has 0 saturated carbocycles. The van der Waals surface area contributed by atoms with Crippen molar-refractivity contribution in [1.82, 2.24) is 9.88 Å². The minimum absolute atomic E-state index is 0.0987. The van der Waals surface area contributed by atoms with Gasteiger partial charge in [0.15, 0.2) is 0 Å². The van der Waals surface area contributed by atoms with E-state index in [1.54, 1.807) is 6.20 Å². The standard InChI is InChI=1S/C16H21ClN4O2.2H3O4P/c1-3-20(4-2)9-5-7-18-14-6-8-19-15-11-13(17)16(21(22)23)10-12(14)15;2*1-5(2,3)4/h6,8,10-11H,3-5,7,9H2,1-2H3,(H,18,19);2*(H3,1,2,3,4). The maximum atomic E-state index is 11.1. The highest BCUT2D eigenvalue weighted by molar-refractivity contribution is 7.45. The largest absolute Gasteiger partial charge is 0.466 e. The van der Waals surface area contributed by atoms with E-state index in [0.717, 1.165) is 38.3 Å². The van der Waals surface area contributed by atoms with Gasteiger partial charge < -0.3 is 39.6 Å². The zero-order valence-electron chi connectivity index (χ0n) is 17.8. The fourth-order valence-electron chi connectivity index (χ4n) is 2.52. The second-order valence-corrected chi connectivity index (χ2v) is 8.73. The lowest BCUT2D eigenvalue weighted by atomic mass is 10.1. The van der Waals surface area contributed by atoms with E-state index in [4.69, 9.17) is 50.1 Å². The van der Waals surface area contributed by atoms with Gasteiger partial charge in [0.1, 0.15) is 5.02 Å². The first-order valence-electron chi connectivity index (χ1n) is 9.32. The topological polar surface area (TPSA) is 227 Å². The number of nitrogens with one attached hydrogen (secondary N) is 1. The molecule has 0 radical (unpaired) electrons. The van der Waals surface area contributed by atoms with Crippen LogP contribution in [-0.4, -0.2) is 70.3 Å². The Labute approximate surface area is 194 Å². The van der Waals surface area contributed by atoms with Crippen LogP contribution in [0, 0.1) is 10.1 Å². The molecule has 0 spiro atoms. The molecule has 1 aromatic heterocycles. The molecule has 2 aromatic rings. The smallest absolute Gasteiger partial charge is 0.384 e. The third-order valence-corrected chi connectivity index (χ3v) is 4.17. The van der Waals surface area contributed by atoms with Crippen molar-refractivity contribution in [2.45, 2.75) is 20.3 Å². The molecule has 0 aliphatic rings. The summed E-state index contributed by atoms with van der Waals surface area (Å²) < 4.78 is 17.8. The first-order valence-corrected chi connectivity index (χ1v) is 12.8. The van der Waals surface area contributed by atoms with E-state index >= 15 is 0 Å². The summed E-state index contributed by atoms with van der Waals surface area (Å²) in [5, 5.41) is 15.2. The number of benzene rings is 1. The van der Waals surface area contributed by atoms with Crippen LogP contribution in [0.2, 0.25) is 5.02 Å². The predicted octanol–water partition coefficient (Wildman–Crippen LogP) is 2.08. The number of phosphoric acid groups is 2. The first kappa shape index (κ1) is 31.3. The van der Waals surface area contributed by atoms with Crippen LogP contribution in [0.15, 0.2) is 24.4 Å². The molecule has 33 heavy (non-hydrogen) atoms. The van der Waals surface area contributed by atoms with E-state index < -0.39 is 20.6 Å². The molecule has 2 rings (SSSR count). The fourth-order valence-corrected chi connectivity index (χ4v) is 2.74. The lowest BCUT2D eigenvalue weighted by Gasteiger charge is -2.18. The third-order valence-electron chi connectivity index (χ3n) is 3.87. The molecular weight excluding hydrogens is 506 g/mol. The highest BCUT2D eigenvalue weighted by Gasteiger charge is 2.15. The molecule has 0 saturated heterocycles. The van der Waals surface area contributed by atoms with Gasteiger partial charge in [-0.25, -0.2) is 9.13 Å². The normalized spacial score (nSPS) is 11.3. The molecule has 0 aliphatic heterocycles. The number of nitrogens with zero attached hydrogens (tertiary/aromatic N) is 3. The predicted molar refractivity (Wildman–Crippen MR) is 123 cm³/mol. The van der Waals surface area contributed by atoms with Gasteiger partial charge in [-0.05, 0) is 38.2 Å². The van der Waals surface area contributed by atoms with Crippen molar-refractivity contribution >= 4 is 49.5 Å². The molecule has 1 aromatic carbocycles. The van der Waals surface area contributed by atoms with E-state index in [2.05, 4.69) is 29.0 Å². The van der Waals surface area contributed by atoms with Crippen molar-refractivity contribution in [3.05, 3.63) is 39.5 Å². The lowest BCUT2D eigenvalue weighted by Crippen LogP contribution is -2.25. The van der Waals surface area contributed by atoms with Crippen molar-refractivity contribution in [3.63, 3.8) is 0 Å². The monoisotopic (exact) mass is 532 g/mol. The second-order valence-electron chi connectivity index (χ2n) is 6.27. The molecular formula is C16H27ClN4O10P2. The van der Waals surface area contributed by atoms with Crippen molar-refractivity contribution in [1.29, 1.82) is 0 Å². The number of hydrogen-bond donors (Lipinski definition) is 7. The maximum absolute atomic E-state index is 11.1. The number of nitro groups is 1. The Morgan fingerprint density at radius 2 is 1.61 bits per heavy atom. The summed E-state index contributed by atoms with van der Waals surface area (Å²) in [6.07, 6.45) is 2.68. The van der Waals surface area contributed by atoms with Gasteiger partial charge in [-0.3, -0.25) is 15.1 Å². The van der Waals surface area contributed by atoms with Crippen molar-refractivity contribution in [2.24, 2.45) is 0 Å². The third kappa shape index (κ3) is 15.7. The molecule has 7 N–H and O–H groups in total. The van der Waals surface area contributed by atoms with Crippen molar-refractivity contribution in [2.75, 3.05) is 31.5 Å². The Morgan fingerprint density at radius 3 is 2.06 bits per heavy atom. The van der Waals surface area contributed by atoms with E-state index in [1.165, 1.54) is 12.1 Å². The summed E-state index contributed by atoms with van der Waals surface area (Å²) in [5.41, 5.74) is 1.39. The highest BCUT2D eigenvalue weighted by atomic mass is 35.5. The Morgan fingerprint density at radius 1 is 1.09 bits per heavy atom. The Hall–Kier alpha value is -1.70. The summed E-state index contributed by atoms with van der Waals surface area (Å²) in [4.78, 5) is 60.3. The van der Waals surface area contributed by atoms with Gasteiger partial charge in [0, 0.05) is 29.9 Å². The van der Waals surface area contributed by atoms with Crippen molar-refractivity contribution in [3.8, 4) is 0 Å². The zero-order valence-corrected chi connectivity index (χ0v) is 20.3. The number of anilines is 1. The Kier molecular flexibility index (Phi) is 13.8. The van der Waals surface area contributed by atoms with Crippen LogP contribution in [0.5, 0.6) is 0 Å². The zero-order chi connectivity index (χ0) is 25.8. The van der Waals surface area contributed by atoms with Gasteiger partial charge >= 0.3 is 15.6 Å². The minimum Gasteiger partial charge on any atom is -0.384 e. The molecule has 0 fully saturated rings. The first-order chi connectivity index (χ1) is 15.1. The molecule has 14 nitrogen and oxygen atoms in total. The minimum atomic E-state index is -4.64. The van der Waals surface area contributed by atoms with Gasteiger partial charge in [-0.2, -0.15) is 0 Å². The molecule has 188 valence electrons. The quantitative estimate of drug-likeness (QED) is 0.112. The molecule has 0 amide bonds. The van der Waals surface area contributed by atoms with Gasteiger partial charge in [-0.1, -0.05) is 25.4 Å². The van der Waals surface area contributed by atoms with E-state index in [0.29, 0.717) is 10.9 Å². The number of rotatable bonds is 8. The van der Waals surface area contributed by atoms with Crippen LogP contribution in [0.25, 0.3) is 10.9 Å². The fraction of sp³-hybridized carbons (Fsp3) is 0.438. The molecule has 0 aliphatic carbocycles. The summed E-state index contributed by atoms with van der Waals surface area (Å²) in [5.74, 6) is 0. The van der Waals surface area contributed by atoms with Crippen LogP contribution in [0.1, 0.15) is 20.3 Å². The number of nitro benzene ring substituents is 1. The van der Waals surface area contributed by atoms with Crippen LogP contribution < -0.4 is 5.32 Å². The summed E-state index contributed by atoms with van der Waals surface area (Å²) in [6, 6.07) is 4.85. The Balaban J connectivity index is 0.000000859. The van der Waals surface area contributed by atoms with Crippen LogP contribution >= 0.6 is 27.2 Å². The number of pyridine rings is 1. The summed E-state index contributed by atoms with van der Waals surface area (Å²) in [6.45, 7) is 8.20. The van der Waals surface area contributed by atoms with E-state index in [-0.39, 0.29) is 10.7 Å². The maximum Gasteiger partial charge on any atom is 0.466 e. The number of halogens is 1. The molecule has 0 atom stereocenters. The summed E-state index contributed by atoms with van der Waals surface area (Å²) >= 11 is 5.94. The van der Waals surface area contributed by atoms with E-state index in [9.17, 15) is 10.1 Å². The number of fused-ring (bicyclic) bond motifs is 1. The second kappa shape index (κ2) is 14.5. The highest BCUT2D eigenvalue weighted by Crippen LogP contribution is 2.32. The van der Waals surface area contributed by atoms with Crippen LogP contribution in [0.4, 0.5) is 11.4 Å². The SMILES string of the molecule is CCN(CC)CCCNc1ccnc2cc(Cl)c([N+](=O)[O-])cc12.O=P(O)(O)O.O=P(O)(O)O. The molecule has 1 heterocycles. The molecule has 0 bridgehead atoms. The molecule has 17 heteroatoms. The van der Waals surface area contributed by atoms with Gasteiger partial charge in [-0.15, -0.1) is 0 Å². The van der Waals surface area contributed by atoms with E-state index in [1.807, 2.05) is 6.07 Å². The van der Waals surface area contributed by atoms with Gasteiger partial charge in [0.25, 0.3) is 5.69 Å². The molecule has 0 unspecified atom stereocenters. The lowest BCUT2D eigenvalue weighted by molar-refractivity contribution is -0.384. The number of aromatic nitrogens is 1. The Bertz CT molecular complexity index is 960. The van der Waals surface area contributed by atoms with Gasteiger partial charge in [0.05, 0.1) is 10.4 Å². The van der Waals surface area contributed by atoms with Crippen LogP contribution in [-0.2, 0) is 9.13 Å². The number of hydrogen-bond acceptors (Lipinski definition) is 7. The summed E-state index contributed by atoms with van der Waals surface area (Å²) in [7, 11) is -9.28. The van der Waals surface area contributed by atoms with Crippen LogP contribution in [0.3, 0.4) is 0 Å². The average molecular weight is 533 g/mol. The van der Waals surface area contributed by atoms with Gasteiger partial charge in [0.2, 0.25) is 0 Å². The van der Waals surface area contributed by atoms with Crippen molar-refractivity contribution < 1.29 is 43.4 Å². The average Bonchev–Trinajstić information content (AvgIpc) is 2.64.